The molecule has 8 nitrogen and oxygen atoms in total. The summed E-state index contributed by atoms with van der Waals surface area (Å²) in [4.78, 5) is 34.9. The maximum atomic E-state index is 13.3. The molecule has 184 valence electrons. The number of aliphatic hydroxyl groups excluding tert-OH is 1. The van der Waals surface area contributed by atoms with Crippen molar-refractivity contribution < 1.29 is 19.4 Å². The van der Waals surface area contributed by atoms with Gasteiger partial charge in [-0.3, -0.25) is 14.0 Å². The Labute approximate surface area is 205 Å². The van der Waals surface area contributed by atoms with Crippen molar-refractivity contribution in [2.45, 2.75) is 33.2 Å². The van der Waals surface area contributed by atoms with Crippen LogP contribution in [-0.4, -0.2) is 69.3 Å². The number of pyridine rings is 1. The summed E-state index contributed by atoms with van der Waals surface area (Å²) >= 11 is 0. The van der Waals surface area contributed by atoms with Crippen molar-refractivity contribution in [3.63, 3.8) is 0 Å². The third-order valence-corrected chi connectivity index (χ3v) is 6.67. The molecule has 1 aliphatic heterocycles. The molecule has 0 radical (unpaired) electrons. The number of nitrogens with zero attached hydrogens (tertiary/aromatic N) is 4. The number of benzene rings is 1. The number of hydrogen-bond acceptors (Lipinski definition) is 6. The summed E-state index contributed by atoms with van der Waals surface area (Å²) in [6, 6.07) is 12.1. The van der Waals surface area contributed by atoms with E-state index < -0.39 is 17.7 Å². The molecule has 0 unspecified atom stereocenters. The fourth-order valence-corrected chi connectivity index (χ4v) is 4.77. The number of ether oxygens (including phenoxy) is 1. The number of hydrogen-bond donors (Lipinski definition) is 1. The molecule has 1 amide bonds. The minimum Gasteiger partial charge on any atom is -0.505 e. The zero-order chi connectivity index (χ0) is 25.1. The van der Waals surface area contributed by atoms with Gasteiger partial charge in [0.2, 0.25) is 0 Å². The van der Waals surface area contributed by atoms with E-state index >= 15 is 0 Å². The van der Waals surface area contributed by atoms with Crippen molar-refractivity contribution in [1.29, 1.82) is 0 Å². The van der Waals surface area contributed by atoms with Gasteiger partial charge in [0.1, 0.15) is 17.1 Å². The molecule has 2 aromatic heterocycles. The van der Waals surface area contributed by atoms with Crippen LogP contribution in [0.2, 0.25) is 0 Å². The highest BCUT2D eigenvalue weighted by Gasteiger charge is 2.46. The van der Waals surface area contributed by atoms with Crippen LogP contribution in [0.5, 0.6) is 5.75 Å². The fourth-order valence-electron chi connectivity index (χ4n) is 4.77. The molecule has 1 N–H and O–H groups in total. The van der Waals surface area contributed by atoms with E-state index in [1.165, 1.54) is 0 Å². The quantitative estimate of drug-likeness (QED) is 0.287. The van der Waals surface area contributed by atoms with E-state index in [0.29, 0.717) is 29.3 Å². The largest absolute Gasteiger partial charge is 0.505 e. The summed E-state index contributed by atoms with van der Waals surface area (Å²) in [6.45, 7) is 9.05. The Bertz CT molecular complexity index is 1260. The highest BCUT2D eigenvalue weighted by atomic mass is 16.5. The molecule has 0 aliphatic carbocycles. The summed E-state index contributed by atoms with van der Waals surface area (Å²) in [6.07, 6.45) is 2.50. The minimum absolute atomic E-state index is 0.0803. The molecule has 0 spiro atoms. The maximum Gasteiger partial charge on any atom is 0.295 e. The summed E-state index contributed by atoms with van der Waals surface area (Å²) in [5.74, 6) is -0.827. The fraction of sp³-hybridized carbons (Fsp3) is 0.370. The van der Waals surface area contributed by atoms with Crippen LogP contribution in [-0.2, 0) is 9.59 Å². The van der Waals surface area contributed by atoms with Gasteiger partial charge < -0.3 is 19.6 Å². The number of imidazole rings is 1. The molecule has 1 atom stereocenters. The predicted octanol–water partition coefficient (Wildman–Crippen LogP) is 3.80. The number of Topliss-reactive ketones (excluding diaryl/α,β-unsaturated/α-hetero) is 1. The first-order valence-corrected chi connectivity index (χ1v) is 12.0. The second-order valence-corrected chi connectivity index (χ2v) is 8.62. The van der Waals surface area contributed by atoms with Crippen LogP contribution in [0, 0.1) is 6.92 Å². The highest BCUT2D eigenvalue weighted by Crippen LogP contribution is 2.40. The van der Waals surface area contributed by atoms with Gasteiger partial charge in [0.15, 0.2) is 5.76 Å². The molecule has 3 heterocycles. The highest BCUT2D eigenvalue weighted by molar-refractivity contribution is 6.46. The zero-order valence-corrected chi connectivity index (χ0v) is 20.7. The van der Waals surface area contributed by atoms with Crippen LogP contribution in [0.1, 0.15) is 43.3 Å². The first kappa shape index (κ1) is 24.5. The molecule has 1 aliphatic rings. The lowest BCUT2D eigenvalue weighted by molar-refractivity contribution is -0.140. The van der Waals surface area contributed by atoms with Crippen LogP contribution in [0.15, 0.2) is 54.2 Å². The number of rotatable bonds is 9. The second-order valence-electron chi connectivity index (χ2n) is 8.62. The standard InChI is InChI=1S/C27H32N4O4/c1-5-29(6-2)15-9-17-31-24(19-11-13-20(35-4)14-12-19)22(26(33)27(31)34)25(32)23-18(3)28-21-10-7-8-16-30(21)23/h7-8,10-14,16,24,32H,5-6,9,15,17H2,1-4H3/b25-22+/t24-/m1/s1. The first-order chi connectivity index (χ1) is 16.9. The number of likely N-dealkylation sites (tertiary alicyclic amines) is 1. The molecule has 3 aromatic rings. The summed E-state index contributed by atoms with van der Waals surface area (Å²) in [5.41, 5.74) is 2.47. The van der Waals surface area contributed by atoms with Crippen molar-refractivity contribution in [2.24, 2.45) is 0 Å². The minimum atomic E-state index is -0.703. The van der Waals surface area contributed by atoms with E-state index in [0.717, 1.165) is 31.6 Å². The maximum absolute atomic E-state index is 13.3. The smallest absolute Gasteiger partial charge is 0.295 e. The Hall–Kier alpha value is -3.65. The van der Waals surface area contributed by atoms with Crippen LogP contribution in [0.25, 0.3) is 11.4 Å². The third-order valence-electron chi connectivity index (χ3n) is 6.67. The van der Waals surface area contributed by atoms with E-state index in [1.807, 2.05) is 30.3 Å². The number of carbonyl (C=O) groups excluding carboxylic acids is 2. The van der Waals surface area contributed by atoms with E-state index in [2.05, 4.69) is 23.7 Å². The summed E-state index contributed by atoms with van der Waals surface area (Å²) in [7, 11) is 1.59. The lowest BCUT2D eigenvalue weighted by Gasteiger charge is -2.27. The van der Waals surface area contributed by atoms with Crippen molar-refractivity contribution in [1.82, 2.24) is 19.2 Å². The number of carbonyl (C=O) groups is 2. The Balaban J connectivity index is 1.81. The molecule has 0 saturated carbocycles. The first-order valence-electron chi connectivity index (χ1n) is 12.0. The molecule has 1 saturated heterocycles. The Morgan fingerprint density at radius 3 is 2.49 bits per heavy atom. The molecular formula is C27H32N4O4. The van der Waals surface area contributed by atoms with Gasteiger partial charge in [-0.25, -0.2) is 4.98 Å². The average Bonchev–Trinajstić information content (AvgIpc) is 3.34. The van der Waals surface area contributed by atoms with Crippen molar-refractivity contribution >= 4 is 23.1 Å². The second kappa shape index (κ2) is 10.3. The third kappa shape index (κ3) is 4.53. The topological polar surface area (TPSA) is 87.4 Å². The lowest BCUT2D eigenvalue weighted by Crippen LogP contribution is -2.33. The van der Waals surface area contributed by atoms with E-state index in [1.54, 1.807) is 41.7 Å². The van der Waals surface area contributed by atoms with Gasteiger partial charge in [-0.15, -0.1) is 0 Å². The zero-order valence-electron chi connectivity index (χ0n) is 20.7. The SMILES string of the molecule is CCN(CC)CCCN1C(=O)C(=O)/C(=C(/O)c2c(C)nc3ccccn23)[C@H]1c1ccc(OC)cc1. The molecule has 8 heteroatoms. The van der Waals surface area contributed by atoms with Crippen LogP contribution < -0.4 is 4.74 Å². The van der Waals surface area contributed by atoms with Crippen molar-refractivity contribution in [3.8, 4) is 5.75 Å². The molecule has 0 bridgehead atoms. The van der Waals surface area contributed by atoms with Crippen molar-refractivity contribution in [3.05, 3.63) is 71.2 Å². The number of methoxy groups -OCH3 is 1. The normalized spacial score (nSPS) is 17.6. The monoisotopic (exact) mass is 476 g/mol. The Kier molecular flexibility index (Phi) is 7.21. The molecular weight excluding hydrogens is 444 g/mol. The Morgan fingerprint density at radius 2 is 1.83 bits per heavy atom. The molecule has 4 rings (SSSR count). The van der Waals surface area contributed by atoms with Crippen molar-refractivity contribution in [2.75, 3.05) is 33.3 Å². The van der Waals surface area contributed by atoms with E-state index in [9.17, 15) is 14.7 Å². The Morgan fingerprint density at radius 1 is 1.11 bits per heavy atom. The van der Waals surface area contributed by atoms with Gasteiger partial charge in [0.05, 0.1) is 24.4 Å². The van der Waals surface area contributed by atoms with Gasteiger partial charge in [-0.2, -0.15) is 0 Å². The average molecular weight is 477 g/mol. The van der Waals surface area contributed by atoms with Gasteiger partial charge >= 0.3 is 0 Å². The van der Waals surface area contributed by atoms with Crippen LogP contribution in [0.4, 0.5) is 0 Å². The van der Waals surface area contributed by atoms with Crippen LogP contribution >= 0.6 is 0 Å². The van der Waals surface area contributed by atoms with Gasteiger partial charge in [0, 0.05) is 12.7 Å². The van der Waals surface area contributed by atoms with Gasteiger partial charge in [-0.05, 0) is 62.8 Å². The number of fused-ring (bicyclic) bond motifs is 1. The molecule has 1 aromatic carbocycles. The number of aryl methyl sites for hydroxylation is 1. The number of amides is 1. The van der Waals surface area contributed by atoms with Gasteiger partial charge in [0.25, 0.3) is 11.7 Å². The lowest BCUT2D eigenvalue weighted by atomic mass is 9.96. The molecule has 1 fully saturated rings. The summed E-state index contributed by atoms with van der Waals surface area (Å²) in [5, 5.41) is 11.5. The van der Waals surface area contributed by atoms with E-state index in [4.69, 9.17) is 4.74 Å². The number of aromatic nitrogens is 2. The van der Waals surface area contributed by atoms with Crippen LogP contribution in [0.3, 0.4) is 0 Å². The predicted molar refractivity (Wildman–Crippen MR) is 134 cm³/mol. The number of aliphatic hydroxyl groups is 1. The number of ketones is 1. The van der Waals surface area contributed by atoms with E-state index in [-0.39, 0.29) is 11.3 Å². The van der Waals surface area contributed by atoms with Gasteiger partial charge in [-0.1, -0.05) is 32.0 Å². The molecule has 35 heavy (non-hydrogen) atoms. The summed E-state index contributed by atoms with van der Waals surface area (Å²) < 4.78 is 7.03.